The summed E-state index contributed by atoms with van der Waals surface area (Å²) < 4.78 is 32.2. The Labute approximate surface area is 172 Å². The second kappa shape index (κ2) is 8.03. The van der Waals surface area contributed by atoms with Gasteiger partial charge < -0.3 is 15.0 Å². The number of aliphatic imine (C=N–C) groups is 1. The summed E-state index contributed by atoms with van der Waals surface area (Å²) in [6.07, 6.45) is 0.169. The Hall–Kier alpha value is -1.59. The van der Waals surface area contributed by atoms with Gasteiger partial charge in [-0.05, 0) is 23.6 Å². The van der Waals surface area contributed by atoms with Crippen LogP contribution in [0.25, 0.3) is 0 Å². The fourth-order valence-electron chi connectivity index (χ4n) is 3.17. The van der Waals surface area contributed by atoms with E-state index < -0.39 is 10.0 Å². The van der Waals surface area contributed by atoms with Crippen molar-refractivity contribution in [3.8, 4) is 0 Å². The Morgan fingerprint density at radius 3 is 2.86 bits per heavy atom. The predicted octanol–water partition coefficient (Wildman–Crippen LogP) is 1.95. The number of hydrogen-bond donors (Lipinski definition) is 1. The number of carbonyl (C=O) groups is 1. The van der Waals surface area contributed by atoms with Crippen LogP contribution < -0.4 is 5.32 Å². The quantitative estimate of drug-likeness (QED) is 0.749. The van der Waals surface area contributed by atoms with E-state index in [4.69, 9.17) is 16.3 Å². The van der Waals surface area contributed by atoms with Crippen molar-refractivity contribution in [2.75, 3.05) is 44.7 Å². The molecule has 0 aliphatic carbocycles. The molecule has 0 bridgehead atoms. The van der Waals surface area contributed by atoms with Gasteiger partial charge in [-0.15, -0.1) is 0 Å². The molecule has 28 heavy (non-hydrogen) atoms. The summed E-state index contributed by atoms with van der Waals surface area (Å²) >= 11 is 7.70. The maximum absolute atomic E-state index is 12.8. The summed E-state index contributed by atoms with van der Waals surface area (Å²) in [5.41, 5.74) is 1.16. The number of ether oxygens (including phenoxy) is 1. The van der Waals surface area contributed by atoms with Gasteiger partial charge in [-0.1, -0.05) is 23.4 Å². The van der Waals surface area contributed by atoms with Gasteiger partial charge in [-0.2, -0.15) is 4.31 Å². The molecule has 0 aromatic heterocycles. The lowest BCUT2D eigenvalue weighted by Crippen LogP contribution is -2.40. The minimum atomic E-state index is -3.67. The smallest absolute Gasteiger partial charge is 0.243 e. The van der Waals surface area contributed by atoms with Crippen LogP contribution in [0.1, 0.15) is 6.42 Å². The van der Waals surface area contributed by atoms with Crippen LogP contribution in [0.5, 0.6) is 0 Å². The second-order valence-electron chi connectivity index (χ2n) is 6.43. The summed E-state index contributed by atoms with van der Waals surface area (Å²) in [6.45, 7) is 2.84. The van der Waals surface area contributed by atoms with Crippen LogP contribution in [-0.2, 0) is 19.6 Å². The molecule has 1 amide bonds. The van der Waals surface area contributed by atoms with E-state index in [2.05, 4.69) is 10.3 Å². The van der Waals surface area contributed by atoms with Crippen molar-refractivity contribution in [2.45, 2.75) is 11.3 Å². The number of sulfonamides is 1. The molecule has 8 nitrogen and oxygen atoms in total. The molecule has 1 aromatic carbocycles. The van der Waals surface area contributed by atoms with Gasteiger partial charge in [0, 0.05) is 25.3 Å². The standard InChI is InChI=1S/C17H19ClN4O4S2/c18-14-2-1-13(28(24,25)21-5-7-26-8-6-21)10-15(14)20-16(23)9-12-11-27-17-19-3-4-22(12)17/h1-2,10-11H,3-9H2,(H,20,23). The zero-order valence-corrected chi connectivity index (χ0v) is 17.3. The van der Waals surface area contributed by atoms with E-state index >= 15 is 0 Å². The number of morpholine rings is 1. The van der Waals surface area contributed by atoms with E-state index in [-0.39, 0.29) is 27.9 Å². The van der Waals surface area contributed by atoms with Gasteiger partial charge in [0.2, 0.25) is 15.9 Å². The van der Waals surface area contributed by atoms with Crippen LogP contribution in [0, 0.1) is 0 Å². The number of fused-ring (bicyclic) bond motifs is 1. The van der Waals surface area contributed by atoms with Gasteiger partial charge >= 0.3 is 0 Å². The lowest BCUT2D eigenvalue weighted by atomic mass is 10.2. The average molecular weight is 443 g/mol. The fraction of sp³-hybridized carbons (Fsp3) is 0.412. The van der Waals surface area contributed by atoms with Crippen molar-refractivity contribution < 1.29 is 17.9 Å². The van der Waals surface area contributed by atoms with Crippen LogP contribution in [0.3, 0.4) is 0 Å². The molecule has 1 aromatic rings. The Morgan fingerprint density at radius 1 is 1.29 bits per heavy atom. The monoisotopic (exact) mass is 442 g/mol. The molecule has 1 saturated heterocycles. The number of rotatable bonds is 5. The van der Waals surface area contributed by atoms with E-state index in [1.807, 2.05) is 10.3 Å². The van der Waals surface area contributed by atoms with Gasteiger partial charge in [0.05, 0.1) is 41.8 Å². The van der Waals surface area contributed by atoms with Crippen molar-refractivity contribution in [2.24, 2.45) is 4.99 Å². The molecular weight excluding hydrogens is 424 g/mol. The van der Waals surface area contributed by atoms with Crippen LogP contribution in [0.2, 0.25) is 5.02 Å². The number of amidine groups is 1. The van der Waals surface area contributed by atoms with E-state index in [1.54, 1.807) is 0 Å². The number of anilines is 1. The molecule has 11 heteroatoms. The highest BCUT2D eigenvalue weighted by Crippen LogP contribution is 2.32. The molecule has 1 fully saturated rings. The number of thioether (sulfide) groups is 1. The van der Waals surface area contributed by atoms with Crippen LogP contribution in [0.15, 0.2) is 39.2 Å². The van der Waals surface area contributed by atoms with Gasteiger partial charge in [0.25, 0.3) is 0 Å². The largest absolute Gasteiger partial charge is 0.379 e. The third kappa shape index (κ3) is 3.92. The Bertz CT molecular complexity index is 958. The molecule has 0 saturated carbocycles. The first kappa shape index (κ1) is 19.7. The number of nitrogens with one attached hydrogen (secondary N) is 1. The topological polar surface area (TPSA) is 91.3 Å². The molecule has 0 atom stereocenters. The first-order chi connectivity index (χ1) is 13.4. The lowest BCUT2D eigenvalue weighted by molar-refractivity contribution is -0.115. The maximum atomic E-state index is 12.8. The van der Waals surface area contributed by atoms with Gasteiger partial charge in [-0.25, -0.2) is 8.42 Å². The second-order valence-corrected chi connectivity index (χ2v) is 9.61. The van der Waals surface area contributed by atoms with Gasteiger partial charge in [0.1, 0.15) is 0 Å². The minimum absolute atomic E-state index is 0.0960. The Balaban J connectivity index is 1.48. The predicted molar refractivity (Wildman–Crippen MR) is 109 cm³/mol. The number of halogens is 1. The summed E-state index contributed by atoms with van der Waals surface area (Å²) in [7, 11) is -3.67. The zero-order valence-electron chi connectivity index (χ0n) is 14.9. The zero-order chi connectivity index (χ0) is 19.7. The van der Waals surface area contributed by atoms with E-state index in [9.17, 15) is 13.2 Å². The van der Waals surface area contributed by atoms with Gasteiger partial charge in [-0.3, -0.25) is 9.79 Å². The van der Waals surface area contributed by atoms with E-state index in [0.29, 0.717) is 26.3 Å². The molecule has 0 radical (unpaired) electrons. The Morgan fingerprint density at radius 2 is 2.07 bits per heavy atom. The summed E-state index contributed by atoms with van der Waals surface area (Å²) in [5, 5.41) is 5.85. The number of amides is 1. The molecule has 3 heterocycles. The normalized spacial score (nSPS) is 20.0. The summed E-state index contributed by atoms with van der Waals surface area (Å²) in [5.74, 6) is -0.261. The highest BCUT2D eigenvalue weighted by Gasteiger charge is 2.29. The highest BCUT2D eigenvalue weighted by atomic mass is 35.5. The SMILES string of the molecule is O=C(CC1=CSC2=NCCN12)Nc1cc(S(=O)(=O)N2CCOCC2)ccc1Cl. The van der Waals surface area contributed by atoms with Gasteiger partial charge in [0.15, 0.2) is 5.17 Å². The van der Waals surface area contributed by atoms with E-state index in [1.165, 1.54) is 34.3 Å². The molecule has 4 rings (SSSR count). The lowest BCUT2D eigenvalue weighted by Gasteiger charge is -2.26. The summed E-state index contributed by atoms with van der Waals surface area (Å²) in [4.78, 5) is 19.0. The number of carbonyl (C=O) groups excluding carboxylic acids is 1. The first-order valence-corrected chi connectivity index (χ1v) is 11.5. The molecule has 150 valence electrons. The fourth-order valence-corrected chi connectivity index (χ4v) is 5.72. The first-order valence-electron chi connectivity index (χ1n) is 8.80. The van der Waals surface area contributed by atoms with Crippen molar-refractivity contribution in [1.29, 1.82) is 0 Å². The van der Waals surface area contributed by atoms with Crippen molar-refractivity contribution in [1.82, 2.24) is 9.21 Å². The van der Waals surface area contributed by atoms with Crippen LogP contribution >= 0.6 is 23.4 Å². The maximum Gasteiger partial charge on any atom is 0.243 e. The molecule has 0 spiro atoms. The third-order valence-electron chi connectivity index (χ3n) is 4.61. The molecule has 1 N–H and O–H groups in total. The molecule has 3 aliphatic rings. The van der Waals surface area contributed by atoms with Crippen molar-refractivity contribution >= 4 is 50.1 Å². The Kier molecular flexibility index (Phi) is 5.66. The molecular formula is C17H19ClN4O4S2. The number of nitrogens with zero attached hydrogens (tertiary/aromatic N) is 3. The van der Waals surface area contributed by atoms with Crippen LogP contribution in [0.4, 0.5) is 5.69 Å². The molecule has 3 aliphatic heterocycles. The average Bonchev–Trinajstić information content (AvgIpc) is 3.29. The third-order valence-corrected chi connectivity index (χ3v) is 7.78. The highest BCUT2D eigenvalue weighted by molar-refractivity contribution is 8.16. The number of benzene rings is 1. The van der Waals surface area contributed by atoms with Crippen LogP contribution in [-0.4, -0.2) is 68.1 Å². The summed E-state index contributed by atoms with van der Waals surface area (Å²) in [6, 6.07) is 4.35. The van der Waals surface area contributed by atoms with E-state index in [0.717, 1.165) is 24.0 Å². The van der Waals surface area contributed by atoms with Crippen molar-refractivity contribution in [3.63, 3.8) is 0 Å². The van der Waals surface area contributed by atoms with Crippen molar-refractivity contribution in [3.05, 3.63) is 34.3 Å². The molecule has 0 unspecified atom stereocenters. The minimum Gasteiger partial charge on any atom is -0.379 e. The number of hydrogen-bond acceptors (Lipinski definition) is 7.